The molecule has 6 heteroatoms. The van der Waals surface area contributed by atoms with Crippen molar-refractivity contribution < 1.29 is 14.3 Å². The van der Waals surface area contributed by atoms with Gasteiger partial charge in [-0.3, -0.25) is 4.79 Å². The zero-order valence-corrected chi connectivity index (χ0v) is 27.1. The Balaban J connectivity index is 1.08. The number of benzene rings is 3. The average Bonchev–Trinajstić information content (AvgIpc) is 3.29. The third-order valence-corrected chi connectivity index (χ3v) is 10.1. The molecule has 0 bridgehead atoms. The van der Waals surface area contributed by atoms with Gasteiger partial charge in [0.2, 0.25) is 0 Å². The van der Waals surface area contributed by atoms with Crippen molar-refractivity contribution >= 4 is 38.6 Å². The van der Waals surface area contributed by atoms with Gasteiger partial charge in [0, 0.05) is 35.9 Å². The molecule has 4 nitrogen and oxygen atoms in total. The smallest absolute Gasteiger partial charge is 0.140 e. The van der Waals surface area contributed by atoms with Crippen LogP contribution in [-0.2, 0) is 24.1 Å². The molecule has 45 heavy (non-hydrogen) atoms. The predicted molar refractivity (Wildman–Crippen MR) is 183 cm³/mol. The maximum absolute atomic E-state index is 13.2. The lowest BCUT2D eigenvalue weighted by atomic mass is 9.68. The van der Waals surface area contributed by atoms with E-state index in [1.807, 2.05) is 31.3 Å². The number of carbonyl (C=O) groups excluding carboxylic acids is 1. The number of carbonyl (C=O) groups is 1. The Labute approximate surface area is 273 Å². The quantitative estimate of drug-likeness (QED) is 0.174. The monoisotopic (exact) mass is 664 g/mol. The highest BCUT2D eigenvalue weighted by Crippen LogP contribution is 2.46. The maximum Gasteiger partial charge on any atom is 0.140 e. The summed E-state index contributed by atoms with van der Waals surface area (Å²) in [6, 6.07) is 22.5. The average molecular weight is 666 g/mol. The van der Waals surface area contributed by atoms with Crippen molar-refractivity contribution in [2.75, 3.05) is 0 Å². The van der Waals surface area contributed by atoms with Gasteiger partial charge >= 0.3 is 0 Å². The fourth-order valence-electron chi connectivity index (χ4n) is 6.48. The van der Waals surface area contributed by atoms with Gasteiger partial charge in [-0.25, -0.2) is 9.07 Å². The van der Waals surface area contributed by atoms with Crippen LogP contribution in [0.3, 0.4) is 0 Å². The van der Waals surface area contributed by atoms with Crippen LogP contribution in [0.4, 0.5) is 4.39 Å². The van der Waals surface area contributed by atoms with Crippen molar-refractivity contribution in [1.82, 2.24) is 9.78 Å². The first-order valence-electron chi connectivity index (χ1n) is 15.7. The highest BCUT2D eigenvalue weighted by molar-refractivity contribution is 9.10. The van der Waals surface area contributed by atoms with Gasteiger partial charge in [0.1, 0.15) is 17.3 Å². The number of aromatic hydroxyl groups is 1. The van der Waals surface area contributed by atoms with Crippen LogP contribution in [-0.4, -0.2) is 20.7 Å². The summed E-state index contributed by atoms with van der Waals surface area (Å²) in [6.45, 7) is 6.03. The van der Waals surface area contributed by atoms with Gasteiger partial charge in [0.25, 0.3) is 0 Å². The molecule has 3 atom stereocenters. The number of phenolic OH excluding ortho intramolecular Hbond substituents is 1. The van der Waals surface area contributed by atoms with E-state index in [0.717, 1.165) is 64.5 Å². The van der Waals surface area contributed by atoms with E-state index >= 15 is 0 Å². The zero-order chi connectivity index (χ0) is 31.5. The second-order valence-corrected chi connectivity index (χ2v) is 13.3. The SMILES string of the molecule is C=C(CC(=O)[C@H](C)CCc1ccc(CC2CCC2C2=CC(c3ccccc3O)=CCc3c(Br)cnn32)cc1)c1ccc(F)cc1. The standard InChI is InChI=1S/C39H38BrFN2O2/c1-25(39(45)21-26(2)29-13-17-32(41)18-14-29)7-8-27-9-11-28(12-10-27)22-30-15-19-33(30)37-23-31(34-5-3-4-6-38(34)44)16-20-36-35(40)24-42-43(36)37/h3-6,9-14,16-18,23-25,30,33,44H,2,7-8,15,19-22H2,1H3/t25-,30?,33?/m1/s1. The van der Waals surface area contributed by atoms with Crippen molar-refractivity contribution in [3.63, 3.8) is 0 Å². The van der Waals surface area contributed by atoms with Gasteiger partial charge in [0.05, 0.1) is 16.4 Å². The number of hydrogen-bond acceptors (Lipinski definition) is 3. The molecular formula is C39H38BrFN2O2. The largest absolute Gasteiger partial charge is 0.507 e. The lowest BCUT2D eigenvalue weighted by molar-refractivity contribution is -0.121. The fourth-order valence-corrected chi connectivity index (χ4v) is 6.90. The molecule has 0 saturated heterocycles. The molecule has 0 amide bonds. The van der Waals surface area contributed by atoms with Gasteiger partial charge < -0.3 is 5.11 Å². The first-order chi connectivity index (χ1) is 21.8. The Hall–Kier alpha value is -4.03. The molecule has 1 N–H and O–H groups in total. The molecule has 1 fully saturated rings. The molecular weight excluding hydrogens is 627 g/mol. The van der Waals surface area contributed by atoms with E-state index in [4.69, 9.17) is 5.10 Å². The Morgan fingerprint density at radius 3 is 2.51 bits per heavy atom. The maximum atomic E-state index is 13.2. The highest BCUT2D eigenvalue weighted by Gasteiger charge is 2.36. The summed E-state index contributed by atoms with van der Waals surface area (Å²) >= 11 is 3.70. The lowest BCUT2D eigenvalue weighted by Gasteiger charge is -2.39. The normalized spacial score (nSPS) is 18.2. The predicted octanol–water partition coefficient (Wildman–Crippen LogP) is 9.48. The summed E-state index contributed by atoms with van der Waals surface area (Å²) in [5, 5.41) is 15.3. The number of ketones is 1. The highest BCUT2D eigenvalue weighted by atomic mass is 79.9. The summed E-state index contributed by atoms with van der Waals surface area (Å²) in [5.74, 6) is 0.969. The van der Waals surface area contributed by atoms with Crippen LogP contribution >= 0.6 is 15.9 Å². The number of rotatable bonds is 11. The number of nitrogens with zero attached hydrogens (tertiary/aromatic N) is 2. The molecule has 1 aliphatic carbocycles. The molecule has 3 aromatic carbocycles. The van der Waals surface area contributed by atoms with Crippen molar-refractivity contribution in [3.05, 3.63) is 136 Å². The minimum Gasteiger partial charge on any atom is -0.507 e. The van der Waals surface area contributed by atoms with Gasteiger partial charge in [-0.15, -0.1) is 0 Å². The summed E-state index contributed by atoms with van der Waals surface area (Å²) in [6.07, 6.45) is 12.2. The zero-order valence-electron chi connectivity index (χ0n) is 25.6. The number of aromatic nitrogens is 2. The number of fused-ring (bicyclic) bond motifs is 1. The molecule has 4 aromatic rings. The Kier molecular flexibility index (Phi) is 9.32. The second-order valence-electron chi connectivity index (χ2n) is 12.5. The number of allylic oxidation sites excluding steroid dienone is 5. The van der Waals surface area contributed by atoms with Gasteiger partial charge in [-0.05, 0) is 106 Å². The van der Waals surface area contributed by atoms with E-state index in [1.165, 1.54) is 35.4 Å². The summed E-state index contributed by atoms with van der Waals surface area (Å²) in [5.41, 5.74) is 8.29. The second kappa shape index (κ2) is 13.5. The van der Waals surface area contributed by atoms with Crippen LogP contribution in [0, 0.1) is 23.6 Å². The van der Waals surface area contributed by atoms with Crippen molar-refractivity contribution in [1.29, 1.82) is 0 Å². The van der Waals surface area contributed by atoms with E-state index in [9.17, 15) is 14.3 Å². The van der Waals surface area contributed by atoms with E-state index in [0.29, 0.717) is 11.8 Å². The summed E-state index contributed by atoms with van der Waals surface area (Å²) in [7, 11) is 0. The number of phenols is 1. The van der Waals surface area contributed by atoms with Gasteiger partial charge in [-0.2, -0.15) is 5.10 Å². The van der Waals surface area contributed by atoms with Crippen molar-refractivity contribution in [2.24, 2.45) is 17.8 Å². The Morgan fingerprint density at radius 1 is 1.07 bits per heavy atom. The first-order valence-corrected chi connectivity index (χ1v) is 16.5. The fraction of sp³-hybridized carbons (Fsp3) is 0.282. The summed E-state index contributed by atoms with van der Waals surface area (Å²) < 4.78 is 16.3. The van der Waals surface area contributed by atoms with E-state index in [-0.39, 0.29) is 29.7 Å². The summed E-state index contributed by atoms with van der Waals surface area (Å²) in [4.78, 5) is 12.8. The molecule has 1 aliphatic heterocycles. The molecule has 1 saturated carbocycles. The van der Waals surface area contributed by atoms with Crippen LogP contribution in [0.25, 0.3) is 16.8 Å². The third-order valence-electron chi connectivity index (χ3n) is 9.47. The molecule has 6 rings (SSSR count). The molecule has 1 aromatic heterocycles. The Bertz CT molecular complexity index is 1770. The van der Waals surface area contributed by atoms with Crippen molar-refractivity contribution in [3.8, 4) is 5.75 Å². The van der Waals surface area contributed by atoms with Crippen LogP contribution in [0.15, 0.2) is 102 Å². The minimum atomic E-state index is -0.292. The number of Topliss-reactive ketones (excluding diaryl/α,β-unsaturated/α-hetero) is 1. The van der Waals surface area contributed by atoms with E-state index in [2.05, 4.69) is 63.6 Å². The number of aryl methyl sites for hydroxylation is 1. The Morgan fingerprint density at radius 2 is 1.80 bits per heavy atom. The third kappa shape index (κ3) is 6.96. The lowest BCUT2D eigenvalue weighted by Crippen LogP contribution is -2.31. The van der Waals surface area contributed by atoms with Crippen LogP contribution in [0.2, 0.25) is 0 Å². The van der Waals surface area contributed by atoms with Crippen LogP contribution < -0.4 is 0 Å². The molecule has 2 unspecified atom stereocenters. The topological polar surface area (TPSA) is 55.1 Å². The first kappa shape index (κ1) is 31.0. The molecule has 0 spiro atoms. The number of halogens is 2. The van der Waals surface area contributed by atoms with Gasteiger partial charge in [-0.1, -0.05) is 74.2 Å². The molecule has 2 heterocycles. The van der Waals surface area contributed by atoms with E-state index in [1.54, 1.807) is 18.2 Å². The van der Waals surface area contributed by atoms with E-state index < -0.39 is 0 Å². The minimum absolute atomic E-state index is 0.0746. The van der Waals surface area contributed by atoms with Gasteiger partial charge in [0.15, 0.2) is 0 Å². The number of para-hydroxylation sites is 1. The van der Waals surface area contributed by atoms with Crippen LogP contribution in [0.5, 0.6) is 5.75 Å². The van der Waals surface area contributed by atoms with Crippen LogP contribution in [0.1, 0.15) is 60.6 Å². The van der Waals surface area contributed by atoms with Crippen molar-refractivity contribution in [2.45, 2.75) is 51.9 Å². The molecule has 2 aliphatic rings. The molecule has 0 radical (unpaired) electrons. The molecule has 230 valence electrons. The number of hydrogen-bond donors (Lipinski definition) is 1.